The topological polar surface area (TPSA) is 38.2 Å². The molecule has 1 heterocycles. The number of likely N-dealkylation sites (N-methyl/N-ethyl adjacent to an activating group) is 1. The average Bonchev–Trinajstić information content (AvgIpc) is 2.57. The van der Waals surface area contributed by atoms with Gasteiger partial charge in [-0.3, -0.25) is 0 Å². The van der Waals surface area contributed by atoms with Gasteiger partial charge in [-0.2, -0.15) is 5.10 Å². The van der Waals surface area contributed by atoms with Gasteiger partial charge < -0.3 is 9.64 Å². The van der Waals surface area contributed by atoms with Crippen molar-refractivity contribution in [2.45, 2.75) is 6.42 Å². The third-order valence-corrected chi connectivity index (χ3v) is 3.72. The molecule has 0 aliphatic carbocycles. The van der Waals surface area contributed by atoms with Gasteiger partial charge in [0, 0.05) is 23.7 Å². The highest BCUT2D eigenvalue weighted by atomic mass is 16.5. The van der Waals surface area contributed by atoms with E-state index in [1.807, 2.05) is 50.5 Å². The third-order valence-electron chi connectivity index (χ3n) is 3.72. The van der Waals surface area contributed by atoms with Crippen molar-refractivity contribution in [3.63, 3.8) is 0 Å². The summed E-state index contributed by atoms with van der Waals surface area (Å²) in [5.74, 6) is 0.610. The van der Waals surface area contributed by atoms with Crippen molar-refractivity contribution in [3.8, 4) is 5.88 Å². The van der Waals surface area contributed by atoms with Gasteiger partial charge in [0.2, 0.25) is 5.88 Å². The maximum Gasteiger partial charge on any atom is 0.241 e. The number of hydrogen-bond acceptors (Lipinski definition) is 4. The monoisotopic (exact) mass is 307 g/mol. The van der Waals surface area contributed by atoms with Gasteiger partial charge in [-0.25, -0.2) is 0 Å². The minimum Gasteiger partial charge on any atom is -0.475 e. The summed E-state index contributed by atoms with van der Waals surface area (Å²) in [7, 11) is 4.05. The van der Waals surface area contributed by atoms with Crippen LogP contribution in [0.25, 0.3) is 10.8 Å². The smallest absolute Gasteiger partial charge is 0.241 e. The highest BCUT2D eigenvalue weighted by Crippen LogP contribution is 2.25. The molecule has 0 spiro atoms. The molecule has 0 saturated carbocycles. The SMILES string of the molecule is CN(C)CCOc1nnc(Cc2ccccc2)c2ccccc12. The van der Waals surface area contributed by atoms with E-state index in [1.54, 1.807) is 0 Å². The standard InChI is InChI=1S/C19H21N3O/c1-22(2)12-13-23-19-17-11-7-6-10-16(17)18(20-21-19)14-15-8-4-3-5-9-15/h3-11H,12-14H2,1-2H3. The predicted molar refractivity (Wildman–Crippen MR) is 92.8 cm³/mol. The number of aromatic nitrogens is 2. The average molecular weight is 307 g/mol. The summed E-state index contributed by atoms with van der Waals surface area (Å²) in [6.07, 6.45) is 0.770. The Hall–Kier alpha value is -2.46. The number of rotatable bonds is 6. The second-order valence-electron chi connectivity index (χ2n) is 5.81. The van der Waals surface area contributed by atoms with Gasteiger partial charge in [-0.05, 0) is 25.7 Å². The van der Waals surface area contributed by atoms with Crippen LogP contribution in [-0.4, -0.2) is 42.3 Å². The van der Waals surface area contributed by atoms with E-state index >= 15 is 0 Å². The maximum absolute atomic E-state index is 5.82. The summed E-state index contributed by atoms with van der Waals surface area (Å²) >= 11 is 0. The molecular weight excluding hydrogens is 286 g/mol. The maximum atomic E-state index is 5.82. The molecule has 3 rings (SSSR count). The van der Waals surface area contributed by atoms with Crippen molar-refractivity contribution in [2.24, 2.45) is 0 Å². The van der Waals surface area contributed by atoms with E-state index < -0.39 is 0 Å². The normalized spacial score (nSPS) is 11.1. The molecule has 0 fully saturated rings. The van der Waals surface area contributed by atoms with E-state index in [0.717, 1.165) is 29.4 Å². The Morgan fingerprint density at radius 3 is 2.30 bits per heavy atom. The number of fused-ring (bicyclic) bond motifs is 1. The molecule has 0 unspecified atom stereocenters. The van der Waals surface area contributed by atoms with E-state index in [-0.39, 0.29) is 0 Å². The lowest BCUT2D eigenvalue weighted by atomic mass is 10.0. The van der Waals surface area contributed by atoms with Crippen LogP contribution in [-0.2, 0) is 6.42 Å². The van der Waals surface area contributed by atoms with E-state index in [1.165, 1.54) is 5.56 Å². The summed E-state index contributed by atoms with van der Waals surface area (Å²) in [6.45, 7) is 1.45. The zero-order chi connectivity index (χ0) is 16.1. The van der Waals surface area contributed by atoms with E-state index in [2.05, 4.69) is 33.3 Å². The fraction of sp³-hybridized carbons (Fsp3) is 0.263. The van der Waals surface area contributed by atoms with Crippen LogP contribution in [0.5, 0.6) is 5.88 Å². The molecule has 4 heteroatoms. The number of hydrogen-bond donors (Lipinski definition) is 0. The van der Waals surface area contributed by atoms with Crippen molar-refractivity contribution >= 4 is 10.8 Å². The van der Waals surface area contributed by atoms with Gasteiger partial charge >= 0.3 is 0 Å². The highest BCUT2D eigenvalue weighted by Gasteiger charge is 2.10. The summed E-state index contributed by atoms with van der Waals surface area (Å²) < 4.78 is 5.82. The summed E-state index contributed by atoms with van der Waals surface area (Å²) in [4.78, 5) is 2.08. The van der Waals surface area contributed by atoms with Gasteiger partial charge in [0.05, 0.1) is 5.69 Å². The molecule has 0 aliphatic rings. The Balaban J connectivity index is 1.89. The fourth-order valence-corrected chi connectivity index (χ4v) is 2.49. The Morgan fingerprint density at radius 1 is 0.870 bits per heavy atom. The van der Waals surface area contributed by atoms with E-state index in [4.69, 9.17) is 4.74 Å². The summed E-state index contributed by atoms with van der Waals surface area (Å²) in [5.41, 5.74) is 2.21. The lowest BCUT2D eigenvalue weighted by Gasteiger charge is -2.12. The molecule has 118 valence electrons. The molecule has 0 saturated heterocycles. The Morgan fingerprint density at radius 2 is 1.57 bits per heavy atom. The first-order valence-corrected chi connectivity index (χ1v) is 7.80. The molecule has 23 heavy (non-hydrogen) atoms. The predicted octanol–water partition coefficient (Wildman–Crippen LogP) is 3.16. The quantitative estimate of drug-likeness (QED) is 0.701. The van der Waals surface area contributed by atoms with Gasteiger partial charge in [-0.15, -0.1) is 5.10 Å². The van der Waals surface area contributed by atoms with E-state index in [0.29, 0.717) is 12.5 Å². The molecule has 0 atom stereocenters. The van der Waals surface area contributed by atoms with Crippen molar-refractivity contribution in [1.82, 2.24) is 15.1 Å². The summed E-state index contributed by atoms with van der Waals surface area (Å²) in [6, 6.07) is 18.5. The number of benzene rings is 2. The van der Waals surface area contributed by atoms with Gasteiger partial charge in [0.25, 0.3) is 0 Å². The van der Waals surface area contributed by atoms with Gasteiger partial charge in [0.1, 0.15) is 6.61 Å². The van der Waals surface area contributed by atoms with Gasteiger partial charge in [0.15, 0.2) is 0 Å². The summed E-state index contributed by atoms with van der Waals surface area (Å²) in [5, 5.41) is 10.8. The van der Waals surface area contributed by atoms with Crippen LogP contribution in [0.2, 0.25) is 0 Å². The molecule has 0 radical (unpaired) electrons. The Bertz CT molecular complexity index is 772. The molecule has 2 aromatic carbocycles. The molecule has 0 amide bonds. The van der Waals surface area contributed by atoms with Crippen LogP contribution in [0.1, 0.15) is 11.3 Å². The first kappa shape index (κ1) is 15.4. The molecule has 1 aromatic heterocycles. The molecule has 3 aromatic rings. The van der Waals surface area contributed by atoms with Crippen LogP contribution >= 0.6 is 0 Å². The van der Waals surface area contributed by atoms with Crippen molar-refractivity contribution in [1.29, 1.82) is 0 Å². The molecule has 0 bridgehead atoms. The molecule has 0 N–H and O–H groups in total. The van der Waals surface area contributed by atoms with Crippen molar-refractivity contribution in [2.75, 3.05) is 27.2 Å². The van der Waals surface area contributed by atoms with Gasteiger partial charge in [-0.1, -0.05) is 48.5 Å². The lowest BCUT2D eigenvalue weighted by Crippen LogP contribution is -2.20. The van der Waals surface area contributed by atoms with E-state index in [9.17, 15) is 0 Å². The van der Waals surface area contributed by atoms with Crippen molar-refractivity contribution < 1.29 is 4.74 Å². The fourth-order valence-electron chi connectivity index (χ4n) is 2.49. The van der Waals surface area contributed by atoms with Crippen LogP contribution in [0.3, 0.4) is 0 Å². The van der Waals surface area contributed by atoms with Crippen LogP contribution in [0.15, 0.2) is 54.6 Å². The number of nitrogens with zero attached hydrogens (tertiary/aromatic N) is 3. The Kier molecular flexibility index (Phi) is 4.83. The lowest BCUT2D eigenvalue weighted by molar-refractivity contribution is 0.254. The number of ether oxygens (including phenoxy) is 1. The zero-order valence-corrected chi connectivity index (χ0v) is 13.6. The van der Waals surface area contributed by atoms with Crippen LogP contribution in [0.4, 0.5) is 0 Å². The zero-order valence-electron chi connectivity index (χ0n) is 13.6. The second-order valence-corrected chi connectivity index (χ2v) is 5.81. The first-order valence-electron chi connectivity index (χ1n) is 7.80. The molecule has 4 nitrogen and oxygen atoms in total. The third kappa shape index (κ3) is 3.85. The first-order chi connectivity index (χ1) is 11.2. The molecule has 0 aliphatic heterocycles. The second kappa shape index (κ2) is 7.20. The minimum absolute atomic E-state index is 0.601. The molecular formula is C19H21N3O. The highest BCUT2D eigenvalue weighted by molar-refractivity contribution is 5.88. The largest absolute Gasteiger partial charge is 0.475 e. The van der Waals surface area contributed by atoms with Crippen LogP contribution in [0, 0.1) is 0 Å². The Labute approximate surface area is 136 Å². The van der Waals surface area contributed by atoms with Crippen molar-refractivity contribution in [3.05, 3.63) is 65.9 Å². The minimum atomic E-state index is 0.601. The van der Waals surface area contributed by atoms with Crippen LogP contribution < -0.4 is 4.74 Å².